The highest BCUT2D eigenvalue weighted by Crippen LogP contribution is 2.30. The molecule has 30 heavy (non-hydrogen) atoms. The number of hydrogen-bond acceptors (Lipinski definition) is 4. The van der Waals surface area contributed by atoms with Crippen LogP contribution in [0.15, 0.2) is 53.1 Å². The summed E-state index contributed by atoms with van der Waals surface area (Å²) in [7, 11) is 0. The number of anilines is 1. The van der Waals surface area contributed by atoms with Gasteiger partial charge in [-0.1, -0.05) is 6.07 Å². The summed E-state index contributed by atoms with van der Waals surface area (Å²) in [6.07, 6.45) is -2.84. The molecular weight excluding hydrogens is 397 g/mol. The molecule has 0 aliphatic carbocycles. The number of carbonyl (C=O) groups is 1. The number of nitrogens with one attached hydrogen (secondary N) is 1. The van der Waals surface area contributed by atoms with Crippen LogP contribution in [0.3, 0.4) is 0 Å². The van der Waals surface area contributed by atoms with E-state index < -0.39 is 11.7 Å². The van der Waals surface area contributed by atoms with Gasteiger partial charge in [-0.05, 0) is 61.4 Å². The molecule has 6 nitrogen and oxygen atoms in total. The molecule has 1 N–H and O–H groups in total. The molecule has 2 aromatic heterocycles. The number of aromatic nitrogens is 3. The Morgan fingerprint density at radius 2 is 1.87 bits per heavy atom. The maximum atomic E-state index is 12.8. The Hall–Kier alpha value is -3.62. The van der Waals surface area contributed by atoms with Gasteiger partial charge < -0.3 is 9.73 Å². The van der Waals surface area contributed by atoms with Gasteiger partial charge in [-0.3, -0.25) is 4.79 Å². The zero-order chi connectivity index (χ0) is 21.5. The van der Waals surface area contributed by atoms with Gasteiger partial charge in [0, 0.05) is 11.3 Å². The first kappa shape index (κ1) is 19.7. The fraction of sp³-hybridized carbons (Fsp3) is 0.190. The first-order valence-corrected chi connectivity index (χ1v) is 9.09. The predicted molar refractivity (Wildman–Crippen MR) is 104 cm³/mol. The van der Waals surface area contributed by atoms with Crippen molar-refractivity contribution in [3.63, 3.8) is 0 Å². The number of fused-ring (bicyclic) bond motifs is 1. The third-order valence-corrected chi connectivity index (χ3v) is 4.71. The van der Waals surface area contributed by atoms with Crippen LogP contribution >= 0.6 is 0 Å². The van der Waals surface area contributed by atoms with E-state index in [4.69, 9.17) is 4.42 Å². The zero-order valence-electron chi connectivity index (χ0n) is 16.1. The van der Waals surface area contributed by atoms with Gasteiger partial charge in [0.1, 0.15) is 5.82 Å². The monoisotopic (exact) mass is 414 g/mol. The number of imidazole rings is 1. The molecule has 0 bridgehead atoms. The van der Waals surface area contributed by atoms with Gasteiger partial charge >= 0.3 is 6.18 Å². The maximum Gasteiger partial charge on any atom is 0.416 e. The summed E-state index contributed by atoms with van der Waals surface area (Å²) < 4.78 is 45.6. The number of aryl methyl sites for hydroxylation is 2. The molecule has 0 unspecified atom stereocenters. The minimum Gasteiger partial charge on any atom is -0.417 e. The van der Waals surface area contributed by atoms with Crippen LogP contribution < -0.4 is 5.32 Å². The molecule has 0 fully saturated rings. The molecular formula is C21H17F3N4O2. The van der Waals surface area contributed by atoms with E-state index in [1.165, 1.54) is 6.07 Å². The second-order valence-electron chi connectivity index (χ2n) is 6.90. The maximum absolute atomic E-state index is 12.8. The average molecular weight is 414 g/mol. The smallest absolute Gasteiger partial charge is 0.416 e. The Labute approximate surface area is 169 Å². The molecule has 0 aliphatic heterocycles. The highest BCUT2D eigenvalue weighted by atomic mass is 19.4. The van der Waals surface area contributed by atoms with E-state index in [1.807, 2.05) is 6.92 Å². The van der Waals surface area contributed by atoms with Gasteiger partial charge in [0.15, 0.2) is 0 Å². The molecule has 2 aromatic carbocycles. The number of benzene rings is 2. The molecule has 0 saturated carbocycles. The summed E-state index contributed by atoms with van der Waals surface area (Å²) in [4.78, 5) is 16.4. The zero-order valence-corrected chi connectivity index (χ0v) is 16.1. The minimum absolute atomic E-state index is 0.0245. The minimum atomic E-state index is -4.40. The fourth-order valence-corrected chi connectivity index (χ4v) is 3.08. The summed E-state index contributed by atoms with van der Waals surface area (Å²) in [5.74, 6) is 0.814. The molecule has 0 spiro atoms. The van der Waals surface area contributed by atoms with Gasteiger partial charge in [-0.15, -0.1) is 5.10 Å². The largest absolute Gasteiger partial charge is 0.417 e. The van der Waals surface area contributed by atoms with Crippen LogP contribution in [0.2, 0.25) is 0 Å². The molecule has 0 radical (unpaired) electrons. The first-order chi connectivity index (χ1) is 14.2. The summed E-state index contributed by atoms with van der Waals surface area (Å²) >= 11 is 0. The number of carbonyl (C=O) groups excluding carboxylic acids is 1. The average Bonchev–Trinajstić information content (AvgIpc) is 3.25. The van der Waals surface area contributed by atoms with Crippen molar-refractivity contribution in [2.24, 2.45) is 0 Å². The van der Waals surface area contributed by atoms with E-state index in [-0.39, 0.29) is 12.3 Å². The third-order valence-electron chi connectivity index (χ3n) is 4.71. The molecule has 4 aromatic rings. The van der Waals surface area contributed by atoms with Crippen LogP contribution in [0.4, 0.5) is 18.9 Å². The summed E-state index contributed by atoms with van der Waals surface area (Å²) in [6, 6.07) is 10.3. The predicted octanol–water partition coefficient (Wildman–Crippen LogP) is 4.81. The van der Waals surface area contributed by atoms with Crippen molar-refractivity contribution in [1.82, 2.24) is 14.6 Å². The Morgan fingerprint density at radius 1 is 1.13 bits per heavy atom. The van der Waals surface area contributed by atoms with E-state index in [1.54, 1.807) is 41.9 Å². The van der Waals surface area contributed by atoms with Crippen LogP contribution in [-0.4, -0.2) is 20.5 Å². The number of rotatable bonds is 4. The van der Waals surface area contributed by atoms with Crippen LogP contribution in [-0.2, 0) is 17.4 Å². The summed E-state index contributed by atoms with van der Waals surface area (Å²) in [5, 5.41) is 7.09. The van der Waals surface area contributed by atoms with E-state index in [0.29, 0.717) is 34.2 Å². The summed E-state index contributed by atoms with van der Waals surface area (Å²) in [6.45, 7) is 3.37. The highest BCUT2D eigenvalue weighted by Gasteiger charge is 2.30. The lowest BCUT2D eigenvalue weighted by molar-refractivity contribution is -0.137. The SMILES string of the molecule is Cc1cc(C(F)(F)F)ccc1CC(=O)Nc1ccc(-c2nn3c(C)ncc3o2)cc1. The summed E-state index contributed by atoms with van der Waals surface area (Å²) in [5.41, 5.74) is 2.05. The topological polar surface area (TPSA) is 72.4 Å². The third kappa shape index (κ3) is 3.91. The van der Waals surface area contributed by atoms with E-state index >= 15 is 0 Å². The number of hydrogen-bond donors (Lipinski definition) is 1. The van der Waals surface area contributed by atoms with E-state index in [0.717, 1.165) is 17.7 Å². The van der Waals surface area contributed by atoms with E-state index in [2.05, 4.69) is 15.4 Å². The Morgan fingerprint density at radius 3 is 2.50 bits per heavy atom. The van der Waals surface area contributed by atoms with Crippen LogP contribution in [0.1, 0.15) is 22.5 Å². The van der Waals surface area contributed by atoms with Crippen molar-refractivity contribution in [3.8, 4) is 11.5 Å². The quantitative estimate of drug-likeness (QED) is 0.520. The lowest BCUT2D eigenvalue weighted by atomic mass is 10.0. The van der Waals surface area contributed by atoms with Crippen molar-refractivity contribution in [3.05, 3.63) is 71.2 Å². The van der Waals surface area contributed by atoms with Crippen molar-refractivity contribution in [1.29, 1.82) is 0 Å². The molecule has 2 heterocycles. The van der Waals surface area contributed by atoms with Crippen molar-refractivity contribution >= 4 is 17.3 Å². The highest BCUT2D eigenvalue weighted by molar-refractivity contribution is 5.92. The fourth-order valence-electron chi connectivity index (χ4n) is 3.08. The molecule has 1 amide bonds. The molecule has 154 valence electrons. The number of alkyl halides is 3. The lowest BCUT2D eigenvalue weighted by Crippen LogP contribution is -2.15. The number of halogens is 3. The second kappa shape index (κ2) is 7.33. The Bertz CT molecular complexity index is 1220. The van der Waals surface area contributed by atoms with Gasteiger partial charge in [-0.2, -0.15) is 17.7 Å². The van der Waals surface area contributed by atoms with Gasteiger partial charge in [0.05, 0.1) is 18.2 Å². The van der Waals surface area contributed by atoms with Crippen LogP contribution in [0.5, 0.6) is 0 Å². The molecule has 0 saturated heterocycles. The molecule has 0 aliphatic rings. The lowest BCUT2D eigenvalue weighted by Gasteiger charge is -2.11. The first-order valence-electron chi connectivity index (χ1n) is 9.09. The number of nitrogens with zero attached hydrogens (tertiary/aromatic N) is 3. The van der Waals surface area contributed by atoms with Crippen molar-refractivity contribution < 1.29 is 22.4 Å². The molecule has 9 heteroatoms. The molecule has 0 atom stereocenters. The van der Waals surface area contributed by atoms with Gasteiger partial charge in [0.25, 0.3) is 0 Å². The Kier molecular flexibility index (Phi) is 4.81. The van der Waals surface area contributed by atoms with Crippen LogP contribution in [0.25, 0.3) is 17.2 Å². The number of amides is 1. The Balaban J connectivity index is 1.43. The van der Waals surface area contributed by atoms with Crippen LogP contribution in [0, 0.1) is 13.8 Å². The van der Waals surface area contributed by atoms with Crippen molar-refractivity contribution in [2.75, 3.05) is 5.32 Å². The van der Waals surface area contributed by atoms with Crippen molar-refractivity contribution in [2.45, 2.75) is 26.4 Å². The van der Waals surface area contributed by atoms with E-state index in [9.17, 15) is 18.0 Å². The van der Waals surface area contributed by atoms with Gasteiger partial charge in [-0.25, -0.2) is 4.98 Å². The van der Waals surface area contributed by atoms with Gasteiger partial charge in [0.2, 0.25) is 17.5 Å². The second-order valence-corrected chi connectivity index (χ2v) is 6.90. The molecule has 4 rings (SSSR count). The normalized spacial score (nSPS) is 11.8. The standard InChI is InChI=1S/C21H17F3N4O2/c1-12-9-16(21(22,23)24)6-3-15(12)10-18(29)26-17-7-4-14(5-8-17)20-27-28-13(2)25-11-19(28)30-20/h3-9,11H,10H2,1-2H3,(H,26,29).